The minimum Gasteiger partial charge on any atom is -0.323 e. The lowest BCUT2D eigenvalue weighted by Crippen LogP contribution is -2.42. The number of aromatic nitrogens is 5. The van der Waals surface area contributed by atoms with Crippen LogP contribution >= 0.6 is 11.6 Å². The van der Waals surface area contributed by atoms with Gasteiger partial charge in [-0.1, -0.05) is 18.5 Å². The van der Waals surface area contributed by atoms with Gasteiger partial charge in [0.05, 0.1) is 27.5 Å². The maximum absolute atomic E-state index is 15.2. The zero-order valence-electron chi connectivity index (χ0n) is 23.6. The van der Waals surface area contributed by atoms with E-state index in [9.17, 15) is 22.8 Å². The first-order chi connectivity index (χ1) is 20.3. The van der Waals surface area contributed by atoms with E-state index in [1.165, 1.54) is 13.0 Å². The molecule has 4 aromatic rings. The van der Waals surface area contributed by atoms with Crippen LogP contribution in [0, 0.1) is 19.7 Å². The first-order valence-electron chi connectivity index (χ1n) is 13.8. The second-order valence-corrected chi connectivity index (χ2v) is 11.8. The molecular weight excluding hydrogens is 590 g/mol. The molecule has 0 radical (unpaired) electrons. The SMILES string of the molecule is Cc1cc(-c2nc3n(CC(=O)Nc4ccc(C(F)(F)F)cc4Cl)c4c(c(=O)n3n2)C2(CCNCC2)CC4C)c(F)c(C)n1. The lowest BCUT2D eigenvalue weighted by molar-refractivity contribution is -0.137. The molecule has 226 valence electrons. The molecule has 43 heavy (non-hydrogen) atoms. The minimum atomic E-state index is -4.59. The summed E-state index contributed by atoms with van der Waals surface area (Å²) in [7, 11) is 0. The van der Waals surface area contributed by atoms with Crippen LogP contribution in [0.4, 0.5) is 23.2 Å². The maximum Gasteiger partial charge on any atom is 0.416 e. The molecule has 14 heteroatoms. The molecule has 1 spiro atoms. The standard InChI is InChI=1S/C29H28ClF4N7O2/c1-14-12-28(6-8-35-9-7-28)22-24(14)40(13-21(42)37-20-5-4-17(11-19(20)30)29(32,33)34)27-38-25(39-41(27)26(22)43)18-10-15(2)36-16(3)23(18)31/h4-5,10-11,14,35H,6-9,12-13H2,1-3H3,(H,37,42). The van der Waals surface area contributed by atoms with Gasteiger partial charge in [0, 0.05) is 22.4 Å². The van der Waals surface area contributed by atoms with Gasteiger partial charge in [-0.3, -0.25) is 14.6 Å². The van der Waals surface area contributed by atoms with E-state index in [1.54, 1.807) is 11.5 Å². The van der Waals surface area contributed by atoms with E-state index in [2.05, 4.69) is 25.7 Å². The molecule has 0 bridgehead atoms. The Morgan fingerprint density at radius 3 is 2.58 bits per heavy atom. The summed E-state index contributed by atoms with van der Waals surface area (Å²) in [6.45, 7) is 6.32. The number of piperidine rings is 1. The number of carbonyl (C=O) groups excluding carboxylic acids is 1. The third kappa shape index (κ3) is 4.97. The van der Waals surface area contributed by atoms with E-state index in [0.29, 0.717) is 23.4 Å². The summed E-state index contributed by atoms with van der Waals surface area (Å²) in [6, 6.07) is 4.16. The van der Waals surface area contributed by atoms with Crippen LogP contribution in [0.2, 0.25) is 5.02 Å². The summed E-state index contributed by atoms with van der Waals surface area (Å²) in [5.74, 6) is -1.31. The number of aryl methyl sites for hydroxylation is 2. The number of benzene rings is 1. The zero-order chi connectivity index (χ0) is 30.8. The third-order valence-electron chi connectivity index (χ3n) is 8.40. The molecule has 3 aromatic heterocycles. The van der Waals surface area contributed by atoms with Crippen molar-refractivity contribution in [1.82, 2.24) is 29.5 Å². The monoisotopic (exact) mass is 617 g/mol. The number of nitrogens with one attached hydrogen (secondary N) is 2. The molecule has 4 heterocycles. The minimum absolute atomic E-state index is 0.00298. The van der Waals surface area contributed by atoms with Crippen LogP contribution in [0.25, 0.3) is 17.2 Å². The topological polar surface area (TPSA) is 106 Å². The molecule has 1 unspecified atom stereocenters. The third-order valence-corrected chi connectivity index (χ3v) is 8.72. The van der Waals surface area contributed by atoms with Crippen LogP contribution in [0.15, 0.2) is 29.1 Å². The number of rotatable bonds is 4. The number of amides is 1. The fourth-order valence-electron chi connectivity index (χ4n) is 6.60. The fraction of sp³-hybridized carbons (Fsp3) is 0.414. The highest BCUT2D eigenvalue weighted by atomic mass is 35.5. The van der Waals surface area contributed by atoms with Crippen molar-refractivity contribution in [2.45, 2.75) is 64.1 Å². The van der Waals surface area contributed by atoms with Crippen molar-refractivity contribution in [1.29, 1.82) is 0 Å². The van der Waals surface area contributed by atoms with Gasteiger partial charge in [0.1, 0.15) is 6.54 Å². The average Bonchev–Trinajstić information content (AvgIpc) is 3.49. The highest BCUT2D eigenvalue weighted by Crippen LogP contribution is 2.49. The molecular formula is C29H28ClF4N7O2. The molecule has 1 atom stereocenters. The molecule has 9 nitrogen and oxygen atoms in total. The summed E-state index contributed by atoms with van der Waals surface area (Å²) >= 11 is 6.09. The van der Waals surface area contributed by atoms with Crippen LogP contribution in [-0.2, 0) is 22.9 Å². The number of nitrogens with zero attached hydrogens (tertiary/aromatic N) is 5. The van der Waals surface area contributed by atoms with Gasteiger partial charge in [-0.25, -0.2) is 4.39 Å². The van der Waals surface area contributed by atoms with Crippen molar-refractivity contribution >= 4 is 29.0 Å². The number of hydrogen-bond acceptors (Lipinski definition) is 6. The zero-order valence-corrected chi connectivity index (χ0v) is 24.3. The van der Waals surface area contributed by atoms with Crippen LogP contribution in [0.3, 0.4) is 0 Å². The average molecular weight is 618 g/mol. The van der Waals surface area contributed by atoms with Gasteiger partial charge in [0.2, 0.25) is 11.7 Å². The van der Waals surface area contributed by atoms with Crippen LogP contribution in [0.5, 0.6) is 0 Å². The Balaban J connectivity index is 1.49. The predicted octanol–water partition coefficient (Wildman–Crippen LogP) is 5.15. The first kappa shape index (κ1) is 29.2. The fourth-order valence-corrected chi connectivity index (χ4v) is 6.83. The molecule has 1 amide bonds. The van der Waals surface area contributed by atoms with E-state index in [4.69, 9.17) is 11.6 Å². The lowest BCUT2D eigenvalue weighted by atomic mass is 9.74. The summed E-state index contributed by atoms with van der Waals surface area (Å²) in [5.41, 5.74) is 0.252. The van der Waals surface area contributed by atoms with Crippen molar-refractivity contribution in [3.8, 4) is 11.4 Å². The quantitative estimate of drug-likeness (QED) is 0.307. The number of carbonyl (C=O) groups is 1. The molecule has 6 rings (SSSR count). The predicted molar refractivity (Wildman–Crippen MR) is 152 cm³/mol. The molecule has 1 fully saturated rings. The molecule has 2 N–H and O–H groups in total. The normalized spacial score (nSPS) is 17.9. The number of anilines is 1. The number of fused-ring (bicyclic) bond motifs is 3. The summed E-state index contributed by atoms with van der Waals surface area (Å²) in [5, 5.41) is 10.1. The van der Waals surface area contributed by atoms with Gasteiger partial charge < -0.3 is 15.2 Å². The summed E-state index contributed by atoms with van der Waals surface area (Å²) in [4.78, 5) is 36.2. The number of pyridine rings is 1. The smallest absolute Gasteiger partial charge is 0.323 e. The largest absolute Gasteiger partial charge is 0.416 e. The van der Waals surface area contributed by atoms with Gasteiger partial charge in [-0.2, -0.15) is 22.7 Å². The van der Waals surface area contributed by atoms with Crippen LogP contribution in [-0.4, -0.2) is 43.1 Å². The Labute approximate surface area is 248 Å². The van der Waals surface area contributed by atoms with E-state index in [0.717, 1.165) is 48.6 Å². The van der Waals surface area contributed by atoms with Crippen molar-refractivity contribution < 1.29 is 22.4 Å². The summed E-state index contributed by atoms with van der Waals surface area (Å²) in [6.07, 6.45) is -2.45. The second kappa shape index (κ2) is 10.4. The highest BCUT2D eigenvalue weighted by Gasteiger charge is 2.47. The number of hydrogen-bond donors (Lipinski definition) is 2. The van der Waals surface area contributed by atoms with E-state index in [-0.39, 0.29) is 51.6 Å². The molecule has 2 aliphatic rings. The van der Waals surface area contributed by atoms with Crippen LogP contribution in [0.1, 0.15) is 60.3 Å². The molecule has 1 aliphatic carbocycles. The van der Waals surface area contributed by atoms with Gasteiger partial charge in [0.15, 0.2) is 11.6 Å². The number of halogens is 5. The number of alkyl halides is 3. The maximum atomic E-state index is 15.2. The van der Waals surface area contributed by atoms with E-state index >= 15 is 4.39 Å². The van der Waals surface area contributed by atoms with E-state index < -0.39 is 28.9 Å². The Morgan fingerprint density at radius 2 is 1.91 bits per heavy atom. The Hall–Kier alpha value is -3.84. The van der Waals surface area contributed by atoms with Gasteiger partial charge >= 0.3 is 6.18 Å². The lowest BCUT2D eigenvalue weighted by Gasteiger charge is -2.34. The van der Waals surface area contributed by atoms with Crippen LogP contribution < -0.4 is 16.2 Å². The Kier molecular flexibility index (Phi) is 7.08. The first-order valence-corrected chi connectivity index (χ1v) is 14.2. The second-order valence-electron chi connectivity index (χ2n) is 11.4. The van der Waals surface area contributed by atoms with Crippen molar-refractivity contribution in [3.63, 3.8) is 0 Å². The molecule has 1 aromatic carbocycles. The van der Waals surface area contributed by atoms with Gasteiger partial charge in [-0.05, 0) is 76.4 Å². The van der Waals surface area contributed by atoms with Crippen molar-refractivity contribution in [2.24, 2.45) is 0 Å². The molecule has 1 aliphatic heterocycles. The van der Waals surface area contributed by atoms with Crippen molar-refractivity contribution in [3.05, 3.63) is 73.7 Å². The molecule has 0 saturated carbocycles. The van der Waals surface area contributed by atoms with Gasteiger partial charge in [0.25, 0.3) is 5.56 Å². The van der Waals surface area contributed by atoms with E-state index in [1.807, 2.05) is 6.92 Å². The molecule has 1 saturated heterocycles. The summed E-state index contributed by atoms with van der Waals surface area (Å²) < 4.78 is 57.3. The van der Waals surface area contributed by atoms with Gasteiger partial charge in [-0.15, -0.1) is 5.10 Å². The highest BCUT2D eigenvalue weighted by molar-refractivity contribution is 6.33. The van der Waals surface area contributed by atoms with Crippen molar-refractivity contribution in [2.75, 3.05) is 18.4 Å². The Bertz CT molecular complexity index is 1840. The Morgan fingerprint density at radius 1 is 1.19 bits per heavy atom.